The largest absolute Gasteiger partial charge is 0.337 e. The Labute approximate surface area is 212 Å². The topological polar surface area (TPSA) is 54.0 Å². The number of aromatic nitrogens is 1. The van der Waals surface area contributed by atoms with Crippen molar-refractivity contribution in [2.45, 2.75) is 55.9 Å². The summed E-state index contributed by atoms with van der Waals surface area (Å²) in [4.78, 5) is 18.6. The molecule has 34 heavy (non-hydrogen) atoms. The summed E-state index contributed by atoms with van der Waals surface area (Å²) in [5.74, 6) is 0.255. The van der Waals surface area contributed by atoms with E-state index in [0.29, 0.717) is 6.54 Å². The van der Waals surface area contributed by atoms with Gasteiger partial charge in [0.05, 0.1) is 5.69 Å². The van der Waals surface area contributed by atoms with Crippen LogP contribution in [0.1, 0.15) is 46.7 Å². The predicted octanol–water partition coefficient (Wildman–Crippen LogP) is 7.38. The molecule has 2 aromatic carbocycles. The molecule has 1 aromatic heterocycles. The highest BCUT2D eigenvalue weighted by atomic mass is 32.2. The molecule has 0 spiro atoms. The van der Waals surface area contributed by atoms with E-state index in [4.69, 9.17) is 0 Å². The van der Waals surface area contributed by atoms with Gasteiger partial charge >= 0.3 is 6.03 Å². The fourth-order valence-corrected chi connectivity index (χ4v) is 5.48. The third kappa shape index (κ3) is 7.28. The Morgan fingerprint density at radius 1 is 1.00 bits per heavy atom. The first kappa shape index (κ1) is 26.2. The normalized spacial score (nSPS) is 11.8. The molecular weight excluding hydrogens is 458 g/mol. The highest BCUT2D eigenvalue weighted by Gasteiger charge is 2.18. The van der Waals surface area contributed by atoms with Crippen molar-refractivity contribution >= 4 is 35.2 Å². The predicted molar refractivity (Wildman–Crippen MR) is 148 cm³/mol. The summed E-state index contributed by atoms with van der Waals surface area (Å²) in [6, 6.07) is 19.0. The van der Waals surface area contributed by atoms with Crippen molar-refractivity contribution < 1.29 is 4.79 Å². The molecule has 4 nitrogen and oxygen atoms in total. The van der Waals surface area contributed by atoms with Crippen LogP contribution in [0.3, 0.4) is 0 Å². The molecule has 2 N–H and O–H groups in total. The van der Waals surface area contributed by atoms with Crippen LogP contribution in [-0.2, 0) is 6.42 Å². The molecule has 1 heterocycles. The van der Waals surface area contributed by atoms with E-state index < -0.39 is 0 Å². The maximum atomic E-state index is 12.9. The molecule has 3 rings (SSSR count). The fraction of sp³-hybridized carbons (Fsp3) is 0.357. The number of rotatable bonds is 10. The van der Waals surface area contributed by atoms with Crippen LogP contribution in [-0.4, -0.2) is 30.1 Å². The van der Waals surface area contributed by atoms with Gasteiger partial charge in [-0.05, 0) is 75.3 Å². The van der Waals surface area contributed by atoms with Gasteiger partial charge in [-0.1, -0.05) is 54.1 Å². The van der Waals surface area contributed by atoms with E-state index >= 15 is 0 Å². The lowest BCUT2D eigenvalue weighted by molar-refractivity contribution is 0.251. The van der Waals surface area contributed by atoms with Gasteiger partial charge in [-0.15, -0.1) is 23.5 Å². The summed E-state index contributed by atoms with van der Waals surface area (Å²) in [5.41, 5.74) is 6.94. The van der Waals surface area contributed by atoms with E-state index in [2.05, 4.69) is 78.0 Å². The van der Waals surface area contributed by atoms with Crippen LogP contribution in [0, 0.1) is 20.8 Å². The number of urea groups is 1. The number of thioether (sulfide) groups is 2. The molecule has 6 heteroatoms. The molecule has 0 fully saturated rings. The number of hydrogen-bond acceptors (Lipinski definition) is 4. The second-order valence-corrected chi connectivity index (χ2v) is 10.3. The zero-order chi connectivity index (χ0) is 24.5. The number of benzene rings is 2. The van der Waals surface area contributed by atoms with Crippen LogP contribution in [0.15, 0.2) is 64.5 Å². The first-order chi connectivity index (χ1) is 16.4. The number of pyridine rings is 1. The number of carbonyl (C=O) groups is 1. The summed E-state index contributed by atoms with van der Waals surface area (Å²) in [5, 5.41) is 7.06. The minimum Gasteiger partial charge on any atom is -0.337 e. The highest BCUT2D eigenvalue weighted by molar-refractivity contribution is 7.99. The van der Waals surface area contributed by atoms with Crippen LogP contribution in [0.25, 0.3) is 0 Å². The minimum atomic E-state index is -0.186. The molecule has 3 aromatic rings. The lowest BCUT2D eigenvalue weighted by atomic mass is 9.88. The summed E-state index contributed by atoms with van der Waals surface area (Å²) in [7, 11) is 0. The van der Waals surface area contributed by atoms with E-state index in [1.165, 1.54) is 22.3 Å². The highest BCUT2D eigenvalue weighted by Crippen LogP contribution is 2.33. The van der Waals surface area contributed by atoms with Gasteiger partial charge < -0.3 is 10.6 Å². The second kappa shape index (κ2) is 12.9. The molecule has 0 radical (unpaired) electrons. The Morgan fingerprint density at radius 3 is 2.47 bits per heavy atom. The van der Waals surface area contributed by atoms with Crippen molar-refractivity contribution in [2.75, 3.05) is 24.4 Å². The van der Waals surface area contributed by atoms with Gasteiger partial charge in [0.15, 0.2) is 0 Å². The Hall–Kier alpha value is -2.44. The Morgan fingerprint density at radius 2 is 1.76 bits per heavy atom. The van der Waals surface area contributed by atoms with Crippen molar-refractivity contribution in [1.29, 1.82) is 0 Å². The third-order valence-electron chi connectivity index (χ3n) is 5.97. The van der Waals surface area contributed by atoms with Gasteiger partial charge in [-0.25, -0.2) is 9.78 Å². The van der Waals surface area contributed by atoms with Crippen molar-refractivity contribution in [2.24, 2.45) is 0 Å². The molecular formula is C28H35N3OS2. The molecule has 0 aliphatic carbocycles. The number of aryl methyl sites for hydroxylation is 4. The van der Waals surface area contributed by atoms with E-state index in [9.17, 15) is 4.79 Å². The summed E-state index contributed by atoms with van der Waals surface area (Å²) in [6.07, 6.45) is 7.12. The number of nitrogens with zero attached hydrogens (tertiary/aromatic N) is 1. The van der Waals surface area contributed by atoms with Crippen LogP contribution < -0.4 is 10.6 Å². The van der Waals surface area contributed by atoms with Gasteiger partial charge in [0.25, 0.3) is 0 Å². The Balaban J connectivity index is 1.71. The SMILES string of the molecule is CSc1cc(C)nc(SC)c1NC(=O)NCC(CCCc1ccccc1)c1cc(C)ccc1C. The fourth-order valence-electron chi connectivity index (χ4n) is 4.18. The number of nitrogens with one attached hydrogen (secondary N) is 2. The average Bonchev–Trinajstić information content (AvgIpc) is 2.84. The van der Waals surface area contributed by atoms with Crippen molar-refractivity contribution in [3.63, 3.8) is 0 Å². The number of amides is 2. The summed E-state index contributed by atoms with van der Waals surface area (Å²) < 4.78 is 0. The molecule has 0 aliphatic rings. The van der Waals surface area contributed by atoms with Crippen molar-refractivity contribution in [3.05, 3.63) is 82.5 Å². The monoisotopic (exact) mass is 493 g/mol. The number of carbonyl (C=O) groups excluding carboxylic acids is 1. The van der Waals surface area contributed by atoms with Gasteiger partial charge in [0, 0.05) is 23.1 Å². The Bertz CT molecular complexity index is 1080. The minimum absolute atomic E-state index is 0.186. The van der Waals surface area contributed by atoms with Gasteiger partial charge in [-0.3, -0.25) is 0 Å². The van der Waals surface area contributed by atoms with Gasteiger partial charge in [0.1, 0.15) is 5.03 Å². The first-order valence-corrected chi connectivity index (χ1v) is 14.1. The van der Waals surface area contributed by atoms with Crippen LogP contribution >= 0.6 is 23.5 Å². The molecule has 1 unspecified atom stereocenters. The zero-order valence-corrected chi connectivity index (χ0v) is 22.4. The third-order valence-corrected chi connectivity index (χ3v) is 7.42. The molecule has 0 bridgehead atoms. The lowest BCUT2D eigenvalue weighted by Crippen LogP contribution is -2.33. The maximum absolute atomic E-state index is 12.9. The van der Waals surface area contributed by atoms with Crippen LogP contribution in [0.5, 0.6) is 0 Å². The summed E-state index contributed by atoms with van der Waals surface area (Å²) >= 11 is 3.17. The molecule has 0 saturated heterocycles. The lowest BCUT2D eigenvalue weighted by Gasteiger charge is -2.22. The Kier molecular flexibility index (Phi) is 9.90. The standard InChI is InChI=1S/C28H35N3OS2/c1-19-14-15-20(2)24(16-19)23(13-9-12-22-10-7-6-8-11-22)18-29-28(32)31-26-25(33-4)17-21(3)30-27(26)34-5/h6-8,10-11,14-17,23H,9,12-13,18H2,1-5H3,(H2,29,31,32). The van der Waals surface area contributed by atoms with E-state index in [1.807, 2.05) is 25.5 Å². The number of hydrogen-bond donors (Lipinski definition) is 2. The van der Waals surface area contributed by atoms with Crippen LogP contribution in [0.2, 0.25) is 0 Å². The average molecular weight is 494 g/mol. The molecule has 1 atom stereocenters. The van der Waals surface area contributed by atoms with E-state index in [-0.39, 0.29) is 11.9 Å². The van der Waals surface area contributed by atoms with Crippen LogP contribution in [0.4, 0.5) is 10.5 Å². The molecule has 0 aliphatic heterocycles. The van der Waals surface area contributed by atoms with Crippen molar-refractivity contribution in [1.82, 2.24) is 10.3 Å². The van der Waals surface area contributed by atoms with Gasteiger partial charge in [-0.2, -0.15) is 0 Å². The van der Waals surface area contributed by atoms with E-state index in [0.717, 1.165) is 40.6 Å². The molecule has 0 saturated carbocycles. The zero-order valence-electron chi connectivity index (χ0n) is 20.8. The maximum Gasteiger partial charge on any atom is 0.319 e. The first-order valence-electron chi connectivity index (χ1n) is 11.7. The smallest absolute Gasteiger partial charge is 0.319 e. The van der Waals surface area contributed by atoms with Crippen molar-refractivity contribution in [3.8, 4) is 0 Å². The molecule has 180 valence electrons. The summed E-state index contributed by atoms with van der Waals surface area (Å²) in [6.45, 7) is 6.86. The number of anilines is 1. The van der Waals surface area contributed by atoms with Gasteiger partial charge in [0.2, 0.25) is 0 Å². The second-order valence-electron chi connectivity index (χ2n) is 8.62. The van der Waals surface area contributed by atoms with E-state index in [1.54, 1.807) is 23.5 Å². The quantitative estimate of drug-likeness (QED) is 0.289. The molecule has 2 amide bonds.